The fourth-order valence-corrected chi connectivity index (χ4v) is 3.83. The molecular formula is C23H23FN5O4-. The fraction of sp³-hybridized carbons (Fsp3) is 0.304. The van der Waals surface area contributed by atoms with Crippen molar-refractivity contribution in [1.82, 2.24) is 14.8 Å². The number of benzene rings is 2. The minimum Gasteiger partial charge on any atom is -0.550 e. The predicted octanol–water partition coefficient (Wildman–Crippen LogP) is 2.43. The Bertz CT molecular complexity index is 1130. The number of methoxy groups -OCH3 is 1. The van der Waals surface area contributed by atoms with E-state index >= 15 is 0 Å². The number of carboxylic acids is 1. The van der Waals surface area contributed by atoms with Crippen molar-refractivity contribution in [1.29, 1.82) is 0 Å². The van der Waals surface area contributed by atoms with Gasteiger partial charge in [0.15, 0.2) is 0 Å². The highest BCUT2D eigenvalue weighted by atomic mass is 19.1. The number of anilines is 2. The van der Waals surface area contributed by atoms with E-state index in [0.29, 0.717) is 12.4 Å². The van der Waals surface area contributed by atoms with Crippen molar-refractivity contribution in [3.8, 4) is 5.75 Å². The summed E-state index contributed by atoms with van der Waals surface area (Å²) in [5.74, 6) is -0.599. The van der Waals surface area contributed by atoms with Gasteiger partial charge in [-0.25, -0.2) is 9.07 Å². The van der Waals surface area contributed by atoms with Crippen molar-refractivity contribution in [2.45, 2.75) is 37.8 Å². The van der Waals surface area contributed by atoms with Crippen LogP contribution in [0.4, 0.5) is 16.3 Å². The largest absolute Gasteiger partial charge is 0.550 e. The second kappa shape index (κ2) is 9.68. The molecule has 0 aliphatic carbocycles. The highest BCUT2D eigenvalue weighted by Crippen LogP contribution is 2.38. The predicted molar refractivity (Wildman–Crippen MR) is 116 cm³/mol. The minimum atomic E-state index is -1.20. The van der Waals surface area contributed by atoms with Crippen LogP contribution in [0.3, 0.4) is 0 Å². The van der Waals surface area contributed by atoms with E-state index < -0.39 is 5.97 Å². The van der Waals surface area contributed by atoms with Crippen molar-refractivity contribution in [2.75, 3.05) is 17.7 Å². The Hall–Kier alpha value is -3.95. The van der Waals surface area contributed by atoms with Gasteiger partial charge < -0.3 is 20.0 Å². The van der Waals surface area contributed by atoms with Crippen molar-refractivity contribution in [3.63, 3.8) is 0 Å². The van der Waals surface area contributed by atoms with Gasteiger partial charge in [-0.15, -0.1) is 5.10 Å². The average Bonchev–Trinajstić information content (AvgIpc) is 3.21. The van der Waals surface area contributed by atoms with E-state index in [0.717, 1.165) is 16.9 Å². The van der Waals surface area contributed by atoms with E-state index in [1.807, 2.05) is 24.3 Å². The van der Waals surface area contributed by atoms with E-state index in [-0.39, 0.29) is 49.0 Å². The van der Waals surface area contributed by atoms with Gasteiger partial charge in [0.05, 0.1) is 19.2 Å². The summed E-state index contributed by atoms with van der Waals surface area (Å²) in [6, 6.07) is 13.5. The molecular weight excluding hydrogens is 429 g/mol. The number of nitrogens with one attached hydrogen (secondary N) is 2. The number of halogens is 1. The van der Waals surface area contributed by atoms with Crippen molar-refractivity contribution in [3.05, 3.63) is 65.5 Å². The average molecular weight is 452 g/mol. The summed E-state index contributed by atoms with van der Waals surface area (Å²) < 4.78 is 20.4. The van der Waals surface area contributed by atoms with Crippen LogP contribution in [0, 0.1) is 5.82 Å². The van der Waals surface area contributed by atoms with Gasteiger partial charge in [0, 0.05) is 12.4 Å². The van der Waals surface area contributed by atoms with Gasteiger partial charge in [0.1, 0.15) is 11.6 Å². The first-order valence-corrected chi connectivity index (χ1v) is 10.5. The maximum Gasteiger partial charge on any atom is 0.250 e. The lowest BCUT2D eigenvalue weighted by atomic mass is 9.93. The number of rotatable bonds is 8. The Morgan fingerprint density at radius 2 is 1.85 bits per heavy atom. The van der Waals surface area contributed by atoms with E-state index in [4.69, 9.17) is 4.74 Å². The number of amides is 1. The molecule has 10 heteroatoms. The summed E-state index contributed by atoms with van der Waals surface area (Å²) in [5.41, 5.74) is 1.87. The Kier molecular flexibility index (Phi) is 6.53. The molecule has 3 aromatic rings. The summed E-state index contributed by atoms with van der Waals surface area (Å²) in [6.07, 6.45) is 0.602. The highest BCUT2D eigenvalue weighted by molar-refractivity contribution is 5.89. The first-order chi connectivity index (χ1) is 15.9. The van der Waals surface area contributed by atoms with E-state index in [9.17, 15) is 19.1 Å². The van der Waals surface area contributed by atoms with Crippen molar-refractivity contribution >= 4 is 23.8 Å². The lowest BCUT2D eigenvalue weighted by Gasteiger charge is -2.31. The second-order valence-electron chi connectivity index (χ2n) is 7.75. The Labute approximate surface area is 189 Å². The van der Waals surface area contributed by atoms with E-state index in [1.165, 1.54) is 12.1 Å². The quantitative estimate of drug-likeness (QED) is 0.538. The number of ether oxygens (including phenoxy) is 1. The molecule has 2 aromatic carbocycles. The normalized spacial score (nSPS) is 17.0. The van der Waals surface area contributed by atoms with Gasteiger partial charge >= 0.3 is 0 Å². The molecule has 2 N–H and O–H groups in total. The van der Waals surface area contributed by atoms with Gasteiger partial charge in [-0.3, -0.25) is 10.1 Å². The number of carboxylic acid groups (broad SMARTS) is 1. The molecule has 1 aromatic heterocycles. The molecule has 1 aliphatic rings. The van der Waals surface area contributed by atoms with Crippen LogP contribution in [-0.4, -0.2) is 33.8 Å². The molecule has 0 spiro atoms. The lowest BCUT2D eigenvalue weighted by molar-refractivity contribution is -0.305. The van der Waals surface area contributed by atoms with Crippen LogP contribution in [-0.2, 0) is 9.59 Å². The summed E-state index contributed by atoms with van der Waals surface area (Å²) in [4.78, 5) is 27.1. The molecule has 1 amide bonds. The minimum absolute atomic E-state index is 0.0150. The Morgan fingerprint density at radius 1 is 1.15 bits per heavy atom. The zero-order valence-electron chi connectivity index (χ0n) is 18.0. The SMILES string of the molecule is COc1ccc([C@H]2C[C@H](c3ccc(F)cc3)n3nc(NC(=O)CCCC(=O)[O-])nc3N2)cc1. The number of carbonyl (C=O) groups excluding carboxylic acids is 2. The van der Waals surface area contributed by atoms with Crippen LogP contribution < -0.4 is 20.5 Å². The summed E-state index contributed by atoms with van der Waals surface area (Å²) in [6.45, 7) is 0. The van der Waals surface area contributed by atoms with E-state index in [1.54, 1.807) is 23.9 Å². The molecule has 2 heterocycles. The summed E-state index contributed by atoms with van der Waals surface area (Å²) in [7, 11) is 1.61. The van der Waals surface area contributed by atoms with Crippen LogP contribution in [0.1, 0.15) is 48.9 Å². The molecule has 0 radical (unpaired) electrons. The van der Waals surface area contributed by atoms with Gasteiger partial charge in [-0.2, -0.15) is 4.98 Å². The smallest absolute Gasteiger partial charge is 0.250 e. The number of carbonyl (C=O) groups is 2. The maximum absolute atomic E-state index is 13.5. The second-order valence-corrected chi connectivity index (χ2v) is 7.75. The molecule has 9 nitrogen and oxygen atoms in total. The number of hydrogen-bond donors (Lipinski definition) is 2. The molecule has 1 aliphatic heterocycles. The van der Waals surface area contributed by atoms with Crippen LogP contribution in [0.15, 0.2) is 48.5 Å². The molecule has 0 saturated heterocycles. The first kappa shape index (κ1) is 22.3. The summed E-state index contributed by atoms with van der Waals surface area (Å²) in [5, 5.41) is 20.9. The number of hydrogen-bond acceptors (Lipinski definition) is 7. The standard InChI is InChI=1S/C23H24FN5O4/c1-33-17-11-7-14(8-12-17)18-13-19(15-5-9-16(24)10-6-15)29-23(25-18)27-22(28-29)26-20(30)3-2-4-21(31)32/h5-12,18-19H,2-4,13H2,1H3,(H,31,32)(H2,25,26,27,28,30)/p-1/t18-,19-/m1/s1. The van der Waals surface area contributed by atoms with Gasteiger partial charge in [-0.05, 0) is 54.7 Å². The molecule has 0 saturated carbocycles. The third-order valence-electron chi connectivity index (χ3n) is 5.50. The molecule has 2 atom stereocenters. The van der Waals surface area contributed by atoms with Crippen LogP contribution >= 0.6 is 0 Å². The van der Waals surface area contributed by atoms with Gasteiger partial charge in [0.2, 0.25) is 11.9 Å². The molecule has 0 fully saturated rings. The zero-order valence-corrected chi connectivity index (χ0v) is 18.0. The van der Waals surface area contributed by atoms with E-state index in [2.05, 4.69) is 20.7 Å². The molecule has 4 rings (SSSR count). The van der Waals surface area contributed by atoms with Crippen molar-refractivity contribution < 1.29 is 23.8 Å². The number of nitrogens with zero attached hydrogens (tertiary/aromatic N) is 3. The van der Waals surface area contributed by atoms with Crippen molar-refractivity contribution in [2.24, 2.45) is 0 Å². The topological polar surface area (TPSA) is 121 Å². The number of aliphatic carboxylic acids is 1. The molecule has 172 valence electrons. The van der Waals surface area contributed by atoms with Gasteiger partial charge in [0.25, 0.3) is 5.95 Å². The molecule has 0 unspecified atom stereocenters. The number of fused-ring (bicyclic) bond motifs is 1. The first-order valence-electron chi connectivity index (χ1n) is 10.5. The third-order valence-corrected chi connectivity index (χ3v) is 5.50. The van der Waals surface area contributed by atoms with Crippen LogP contribution in [0.2, 0.25) is 0 Å². The van der Waals surface area contributed by atoms with Gasteiger partial charge in [-0.1, -0.05) is 24.3 Å². The maximum atomic E-state index is 13.5. The molecule has 33 heavy (non-hydrogen) atoms. The Balaban J connectivity index is 1.59. The highest BCUT2D eigenvalue weighted by Gasteiger charge is 2.31. The summed E-state index contributed by atoms with van der Waals surface area (Å²) >= 11 is 0. The Morgan fingerprint density at radius 3 is 2.52 bits per heavy atom. The fourth-order valence-electron chi connectivity index (χ4n) is 3.83. The monoisotopic (exact) mass is 452 g/mol. The van der Waals surface area contributed by atoms with Crippen LogP contribution in [0.25, 0.3) is 0 Å². The number of aromatic nitrogens is 3. The third kappa shape index (κ3) is 5.28. The lowest BCUT2D eigenvalue weighted by Crippen LogP contribution is -2.28. The van der Waals surface area contributed by atoms with Crippen LogP contribution in [0.5, 0.6) is 5.75 Å². The molecule has 0 bridgehead atoms. The zero-order chi connectivity index (χ0) is 23.4.